The van der Waals surface area contributed by atoms with Crippen LogP contribution in [0.15, 0.2) is 60.8 Å². The zero-order valence-corrected chi connectivity index (χ0v) is 21.5. The van der Waals surface area contributed by atoms with Crippen LogP contribution in [0.5, 0.6) is 0 Å². The number of carbonyl (C=O) groups excluding carboxylic acids is 2. The van der Waals surface area contributed by atoms with Crippen LogP contribution in [0.2, 0.25) is 0 Å². The van der Waals surface area contributed by atoms with Gasteiger partial charge in [-0.25, -0.2) is 9.78 Å². The summed E-state index contributed by atoms with van der Waals surface area (Å²) < 4.78 is 19.7. The fourth-order valence-electron chi connectivity index (χ4n) is 3.95. The zero-order valence-electron chi connectivity index (χ0n) is 21.5. The largest absolute Gasteiger partial charge is 0.463 e. The number of amides is 1. The Balaban J connectivity index is 1.94. The maximum Gasteiger partial charge on any atom is 0.330 e. The van der Waals surface area contributed by atoms with Gasteiger partial charge in [-0.1, -0.05) is 58.0 Å². The normalized spacial score (nSPS) is 11.3. The number of hydrogen-bond acceptors (Lipinski definition) is 4. The molecule has 0 aliphatic rings. The minimum absolute atomic E-state index is 0.105. The van der Waals surface area contributed by atoms with Gasteiger partial charge in [0.2, 0.25) is 11.9 Å². The molecular formula is C30H33FN2O3. The van der Waals surface area contributed by atoms with Crippen LogP contribution in [0.25, 0.3) is 17.2 Å². The molecule has 3 rings (SSSR count). The Morgan fingerprint density at radius 3 is 2.47 bits per heavy atom. The number of hydrogen-bond donors (Lipinski definition) is 1. The predicted octanol–water partition coefficient (Wildman–Crippen LogP) is 6.89. The second-order valence-corrected chi connectivity index (χ2v) is 9.24. The van der Waals surface area contributed by atoms with Crippen molar-refractivity contribution in [2.45, 2.75) is 52.9 Å². The summed E-state index contributed by atoms with van der Waals surface area (Å²) in [7, 11) is 0. The highest BCUT2D eigenvalue weighted by atomic mass is 19.1. The first-order chi connectivity index (χ1) is 17.2. The summed E-state index contributed by atoms with van der Waals surface area (Å²) in [4.78, 5) is 28.6. The maximum absolute atomic E-state index is 14.8. The van der Waals surface area contributed by atoms with Crippen molar-refractivity contribution in [2.24, 2.45) is 0 Å². The van der Waals surface area contributed by atoms with Crippen molar-refractivity contribution in [1.82, 2.24) is 4.98 Å². The third-order valence-corrected chi connectivity index (χ3v) is 5.81. The molecule has 0 radical (unpaired) electrons. The highest BCUT2D eigenvalue weighted by Crippen LogP contribution is 2.38. The van der Waals surface area contributed by atoms with Crippen molar-refractivity contribution in [3.8, 4) is 11.1 Å². The molecule has 1 aromatic heterocycles. The Bertz CT molecular complexity index is 1260. The Morgan fingerprint density at radius 1 is 1.03 bits per heavy atom. The molecule has 0 aliphatic carbocycles. The van der Waals surface area contributed by atoms with Gasteiger partial charge in [0.1, 0.15) is 0 Å². The second-order valence-electron chi connectivity index (χ2n) is 9.24. The number of nitrogens with one attached hydrogen (secondary N) is 1. The Morgan fingerprint density at radius 2 is 1.81 bits per heavy atom. The van der Waals surface area contributed by atoms with E-state index in [9.17, 15) is 14.0 Å². The molecule has 6 heteroatoms. The van der Waals surface area contributed by atoms with Gasteiger partial charge in [-0.05, 0) is 65.3 Å². The van der Waals surface area contributed by atoms with Crippen LogP contribution in [0.1, 0.15) is 68.7 Å². The number of rotatable bonds is 9. The van der Waals surface area contributed by atoms with E-state index in [-0.39, 0.29) is 24.2 Å². The molecule has 1 heterocycles. The van der Waals surface area contributed by atoms with Crippen LogP contribution in [0.3, 0.4) is 0 Å². The van der Waals surface area contributed by atoms with E-state index in [0.29, 0.717) is 23.4 Å². The number of halogens is 1. The molecule has 0 atom stereocenters. The molecule has 0 aliphatic heterocycles. The molecule has 1 N–H and O–H groups in total. The monoisotopic (exact) mass is 488 g/mol. The molecule has 36 heavy (non-hydrogen) atoms. The van der Waals surface area contributed by atoms with Gasteiger partial charge < -0.3 is 10.1 Å². The smallest absolute Gasteiger partial charge is 0.330 e. The first kappa shape index (κ1) is 26.8. The SMILES string of the molecule is CCOC(=O)/C=C/c1cccc(CC(=O)Nc2c(-c3cccnc3F)cc(C(C)C)cc2C(C)C)c1. The van der Waals surface area contributed by atoms with Gasteiger partial charge >= 0.3 is 5.97 Å². The first-order valence-electron chi connectivity index (χ1n) is 12.2. The first-order valence-corrected chi connectivity index (χ1v) is 12.2. The summed E-state index contributed by atoms with van der Waals surface area (Å²) in [6.07, 6.45) is 4.56. The lowest BCUT2D eigenvalue weighted by Crippen LogP contribution is -2.17. The second kappa shape index (κ2) is 12.2. The van der Waals surface area contributed by atoms with Crippen LogP contribution in [0, 0.1) is 5.95 Å². The summed E-state index contributed by atoms with van der Waals surface area (Å²) in [5, 5.41) is 3.06. The number of carbonyl (C=O) groups is 2. The van der Waals surface area contributed by atoms with Gasteiger partial charge in [0, 0.05) is 23.4 Å². The van der Waals surface area contributed by atoms with Crippen LogP contribution >= 0.6 is 0 Å². The van der Waals surface area contributed by atoms with E-state index in [1.165, 1.54) is 12.3 Å². The highest BCUT2D eigenvalue weighted by Gasteiger charge is 2.20. The molecule has 188 valence electrons. The number of benzene rings is 2. The molecule has 0 bridgehead atoms. The van der Waals surface area contributed by atoms with Crippen LogP contribution in [0.4, 0.5) is 10.1 Å². The van der Waals surface area contributed by atoms with E-state index in [2.05, 4.69) is 44.1 Å². The van der Waals surface area contributed by atoms with E-state index in [1.54, 1.807) is 25.1 Å². The van der Waals surface area contributed by atoms with Crippen molar-refractivity contribution in [1.29, 1.82) is 0 Å². The van der Waals surface area contributed by atoms with Gasteiger partial charge in [-0.2, -0.15) is 4.39 Å². The Hall–Kier alpha value is -3.80. The van der Waals surface area contributed by atoms with E-state index in [0.717, 1.165) is 22.3 Å². The molecule has 1 amide bonds. The predicted molar refractivity (Wildman–Crippen MR) is 142 cm³/mol. The van der Waals surface area contributed by atoms with Gasteiger partial charge in [-0.15, -0.1) is 0 Å². The Kier molecular flexibility index (Phi) is 9.12. The standard InChI is InChI=1S/C30H33FN2O3/c1-6-36-28(35)13-12-21-9-7-10-22(15-21)16-27(34)33-29-25(20(4)5)17-23(19(2)3)18-26(29)24-11-8-14-32-30(24)31/h7-15,17-20H,6,16H2,1-5H3,(H,33,34)/b13-12+. The molecule has 0 spiro atoms. The van der Waals surface area contributed by atoms with E-state index < -0.39 is 11.9 Å². The third kappa shape index (κ3) is 6.87. The summed E-state index contributed by atoms with van der Waals surface area (Å²) in [5.41, 5.74) is 5.16. The van der Waals surface area contributed by atoms with Crippen LogP contribution in [-0.4, -0.2) is 23.5 Å². The average molecular weight is 489 g/mol. The molecule has 2 aromatic carbocycles. The van der Waals surface area contributed by atoms with E-state index in [1.807, 2.05) is 30.3 Å². The summed E-state index contributed by atoms with van der Waals surface area (Å²) in [6.45, 7) is 10.3. The summed E-state index contributed by atoms with van der Waals surface area (Å²) in [6, 6.07) is 14.8. The van der Waals surface area contributed by atoms with Gasteiger partial charge in [-0.3, -0.25) is 4.79 Å². The van der Waals surface area contributed by atoms with Crippen LogP contribution < -0.4 is 5.32 Å². The van der Waals surface area contributed by atoms with E-state index in [4.69, 9.17) is 4.74 Å². The number of pyridine rings is 1. The van der Waals surface area contributed by atoms with Crippen molar-refractivity contribution >= 4 is 23.6 Å². The molecule has 0 fully saturated rings. The molecule has 0 saturated carbocycles. The zero-order chi connectivity index (χ0) is 26.2. The molecule has 5 nitrogen and oxygen atoms in total. The molecular weight excluding hydrogens is 455 g/mol. The molecule has 0 saturated heterocycles. The number of anilines is 1. The van der Waals surface area contributed by atoms with Gasteiger partial charge in [0.15, 0.2) is 0 Å². The quantitative estimate of drug-likeness (QED) is 0.202. The Labute approximate surface area is 212 Å². The lowest BCUT2D eigenvalue weighted by molar-refractivity contribution is -0.137. The molecule has 3 aromatic rings. The highest BCUT2D eigenvalue weighted by molar-refractivity contribution is 5.98. The molecule has 0 unspecified atom stereocenters. The summed E-state index contributed by atoms with van der Waals surface area (Å²) >= 11 is 0. The van der Waals surface area contributed by atoms with Crippen molar-refractivity contribution < 1.29 is 18.7 Å². The number of ether oxygens (including phenoxy) is 1. The topological polar surface area (TPSA) is 68.3 Å². The number of esters is 1. The average Bonchev–Trinajstić information content (AvgIpc) is 2.83. The van der Waals surface area contributed by atoms with Crippen molar-refractivity contribution in [3.05, 3.63) is 89.0 Å². The third-order valence-electron chi connectivity index (χ3n) is 5.81. The lowest BCUT2D eigenvalue weighted by atomic mass is 9.88. The minimum atomic E-state index is -0.579. The van der Waals surface area contributed by atoms with Gasteiger partial charge in [0.25, 0.3) is 0 Å². The lowest BCUT2D eigenvalue weighted by Gasteiger charge is -2.22. The number of aromatic nitrogens is 1. The van der Waals surface area contributed by atoms with Crippen molar-refractivity contribution in [3.63, 3.8) is 0 Å². The fraction of sp³-hybridized carbons (Fsp3) is 0.300. The minimum Gasteiger partial charge on any atom is -0.463 e. The van der Waals surface area contributed by atoms with Crippen molar-refractivity contribution in [2.75, 3.05) is 11.9 Å². The van der Waals surface area contributed by atoms with E-state index >= 15 is 0 Å². The number of nitrogens with zero attached hydrogens (tertiary/aromatic N) is 1. The van der Waals surface area contributed by atoms with Crippen LogP contribution in [-0.2, 0) is 20.7 Å². The fourth-order valence-corrected chi connectivity index (χ4v) is 3.95. The summed E-state index contributed by atoms with van der Waals surface area (Å²) in [5.74, 6) is -0.872. The van der Waals surface area contributed by atoms with Gasteiger partial charge in [0.05, 0.1) is 18.7 Å². The maximum atomic E-state index is 14.8.